The summed E-state index contributed by atoms with van der Waals surface area (Å²) in [5.74, 6) is -0.246. The molecule has 2 aromatic rings. The Morgan fingerprint density at radius 3 is 2.35 bits per heavy atom. The van der Waals surface area contributed by atoms with E-state index in [4.69, 9.17) is 0 Å². The van der Waals surface area contributed by atoms with Crippen molar-refractivity contribution in [2.45, 2.75) is 51.5 Å². The zero-order valence-corrected chi connectivity index (χ0v) is 18.1. The van der Waals surface area contributed by atoms with Gasteiger partial charge in [-0.15, -0.1) is 0 Å². The maximum Gasteiger partial charge on any atom is 0.332 e. The third kappa shape index (κ3) is 4.33. The monoisotopic (exact) mass is 419 g/mol. The van der Waals surface area contributed by atoms with Gasteiger partial charge in [-0.05, 0) is 48.6 Å². The molecular weight excluding hydrogens is 390 g/mol. The lowest BCUT2D eigenvalue weighted by Gasteiger charge is -2.46. The Balaban J connectivity index is 1.54. The molecule has 1 aliphatic carbocycles. The highest BCUT2D eigenvalue weighted by Gasteiger charge is 2.47. The van der Waals surface area contributed by atoms with Crippen LogP contribution in [0.1, 0.15) is 51.0 Å². The molecule has 4 amide bonds. The number of hydrogen-bond donors (Lipinski definition) is 1. The number of rotatable bonds is 5. The topological polar surface area (TPSA) is 69.7 Å². The lowest BCUT2D eigenvalue weighted by atomic mass is 9.81. The van der Waals surface area contributed by atoms with E-state index in [1.807, 2.05) is 30.3 Å². The second-order valence-corrected chi connectivity index (χ2v) is 8.70. The number of para-hydroxylation sites is 1. The molecule has 6 heteroatoms. The summed E-state index contributed by atoms with van der Waals surface area (Å²) in [6.07, 6.45) is 3.42. The third-order valence-corrected chi connectivity index (χ3v) is 6.29. The van der Waals surface area contributed by atoms with Crippen LogP contribution >= 0.6 is 0 Å². The summed E-state index contributed by atoms with van der Waals surface area (Å²) in [6, 6.07) is 16.1. The average molecular weight is 420 g/mol. The first-order valence-corrected chi connectivity index (χ1v) is 11.0. The summed E-state index contributed by atoms with van der Waals surface area (Å²) in [5.41, 5.74) is 2.46. The summed E-state index contributed by atoms with van der Waals surface area (Å²) in [4.78, 5) is 42.2. The number of hydrogen-bond acceptors (Lipinski definition) is 3. The van der Waals surface area contributed by atoms with Gasteiger partial charge in [-0.1, -0.05) is 57.0 Å². The lowest BCUT2D eigenvalue weighted by Crippen LogP contribution is -2.64. The van der Waals surface area contributed by atoms with Gasteiger partial charge in [-0.3, -0.25) is 9.59 Å². The minimum atomic E-state index is -0.412. The molecule has 1 aliphatic heterocycles. The van der Waals surface area contributed by atoms with Gasteiger partial charge >= 0.3 is 6.03 Å². The second-order valence-electron chi connectivity index (χ2n) is 8.70. The fourth-order valence-corrected chi connectivity index (χ4v) is 4.61. The van der Waals surface area contributed by atoms with Gasteiger partial charge in [-0.25, -0.2) is 9.69 Å². The van der Waals surface area contributed by atoms with E-state index in [9.17, 15) is 14.4 Å². The van der Waals surface area contributed by atoms with Crippen molar-refractivity contribution in [2.24, 2.45) is 5.92 Å². The molecule has 1 saturated heterocycles. The summed E-state index contributed by atoms with van der Waals surface area (Å²) < 4.78 is 0. The molecule has 1 saturated carbocycles. The number of nitrogens with one attached hydrogen (secondary N) is 1. The number of fused-ring (bicyclic) bond motifs is 1. The highest BCUT2D eigenvalue weighted by atomic mass is 16.2. The summed E-state index contributed by atoms with van der Waals surface area (Å²) in [6.45, 7) is 4.17. The predicted octanol–water partition coefficient (Wildman–Crippen LogP) is 4.78. The normalized spacial score (nSPS) is 21.3. The van der Waals surface area contributed by atoms with E-state index in [0.717, 1.165) is 25.7 Å². The largest absolute Gasteiger partial charge is 0.332 e. The predicted molar refractivity (Wildman–Crippen MR) is 121 cm³/mol. The minimum Gasteiger partial charge on any atom is -0.325 e. The van der Waals surface area contributed by atoms with Gasteiger partial charge in [-0.2, -0.15) is 0 Å². The van der Waals surface area contributed by atoms with Crippen LogP contribution in [0, 0.1) is 5.92 Å². The third-order valence-electron chi connectivity index (χ3n) is 6.29. The van der Waals surface area contributed by atoms with Gasteiger partial charge in [0.25, 0.3) is 0 Å². The van der Waals surface area contributed by atoms with E-state index < -0.39 is 6.03 Å². The number of amides is 4. The van der Waals surface area contributed by atoms with Gasteiger partial charge in [0.05, 0.1) is 11.6 Å². The van der Waals surface area contributed by atoms with Crippen LogP contribution in [0.2, 0.25) is 0 Å². The molecule has 2 fully saturated rings. The maximum absolute atomic E-state index is 13.3. The molecule has 31 heavy (non-hydrogen) atoms. The van der Waals surface area contributed by atoms with Crippen molar-refractivity contribution in [3.8, 4) is 0 Å². The first kappa shape index (κ1) is 21.1. The Bertz CT molecular complexity index is 956. The first-order chi connectivity index (χ1) is 15.0. The maximum atomic E-state index is 13.3. The van der Waals surface area contributed by atoms with Gasteiger partial charge < -0.3 is 10.2 Å². The number of carbonyl (C=O) groups is 3. The molecule has 4 rings (SSSR count). The van der Waals surface area contributed by atoms with Crippen LogP contribution in [0.3, 0.4) is 0 Å². The zero-order valence-electron chi connectivity index (χ0n) is 18.1. The molecule has 6 nitrogen and oxygen atoms in total. The number of anilines is 2. The van der Waals surface area contributed by atoms with Crippen LogP contribution in [0.15, 0.2) is 54.6 Å². The molecule has 2 aromatic carbocycles. The van der Waals surface area contributed by atoms with Crippen LogP contribution < -0.4 is 10.2 Å². The van der Waals surface area contributed by atoms with Gasteiger partial charge in [0.15, 0.2) is 0 Å². The van der Waals surface area contributed by atoms with Crippen molar-refractivity contribution in [3.05, 3.63) is 60.2 Å². The van der Waals surface area contributed by atoms with Crippen molar-refractivity contribution in [1.29, 1.82) is 0 Å². The molecule has 0 radical (unpaired) electrons. The zero-order chi connectivity index (χ0) is 22.0. The van der Waals surface area contributed by atoms with E-state index >= 15 is 0 Å². The Morgan fingerprint density at radius 1 is 1.00 bits per heavy atom. The van der Waals surface area contributed by atoms with E-state index in [0.29, 0.717) is 17.3 Å². The molecule has 1 N–H and O–H groups in total. The Kier molecular flexibility index (Phi) is 6.07. The average Bonchev–Trinajstić information content (AvgIpc) is 2.78. The standard InChI is InChI=1S/C25H29N3O3/c1-17(2)18-12-14-19(15-13-18)26-23(29)16-27-22-11-7-6-10-21(22)24(30)28(25(27)31)20-8-4-3-5-9-20/h3-5,8-9,12-15,17,21-22H,6-7,10-11,16H2,1-2H3,(H,26,29). The highest BCUT2D eigenvalue weighted by molar-refractivity contribution is 6.17. The Labute approximate surface area is 183 Å². The van der Waals surface area contributed by atoms with Crippen molar-refractivity contribution in [1.82, 2.24) is 4.90 Å². The van der Waals surface area contributed by atoms with Crippen molar-refractivity contribution >= 4 is 29.2 Å². The number of imide groups is 1. The second kappa shape index (κ2) is 8.92. The van der Waals surface area contributed by atoms with Crippen molar-refractivity contribution in [2.75, 3.05) is 16.8 Å². The molecular formula is C25H29N3O3. The minimum absolute atomic E-state index is 0.0669. The first-order valence-electron chi connectivity index (χ1n) is 11.0. The van der Waals surface area contributed by atoms with E-state index in [-0.39, 0.29) is 30.3 Å². The summed E-state index contributed by atoms with van der Waals surface area (Å²) in [7, 11) is 0. The number of benzene rings is 2. The number of carbonyl (C=O) groups excluding carboxylic acids is 3. The van der Waals surface area contributed by atoms with Crippen LogP contribution in [0.4, 0.5) is 16.2 Å². The Hall–Kier alpha value is -3.15. The van der Waals surface area contributed by atoms with Gasteiger partial charge in [0.1, 0.15) is 6.54 Å². The van der Waals surface area contributed by atoms with Crippen molar-refractivity contribution < 1.29 is 14.4 Å². The molecule has 0 aromatic heterocycles. The van der Waals surface area contributed by atoms with E-state index in [1.54, 1.807) is 29.2 Å². The van der Waals surface area contributed by atoms with Crippen LogP contribution in [-0.2, 0) is 9.59 Å². The smallest absolute Gasteiger partial charge is 0.325 e. The molecule has 162 valence electrons. The molecule has 0 bridgehead atoms. The number of urea groups is 1. The van der Waals surface area contributed by atoms with Gasteiger partial charge in [0.2, 0.25) is 11.8 Å². The number of nitrogens with zero attached hydrogens (tertiary/aromatic N) is 2. The SMILES string of the molecule is CC(C)c1ccc(NC(=O)CN2C(=O)N(c3ccccc3)C(=O)C3CCCCC32)cc1. The van der Waals surface area contributed by atoms with Crippen LogP contribution in [-0.4, -0.2) is 35.3 Å². The van der Waals surface area contributed by atoms with Crippen molar-refractivity contribution in [3.63, 3.8) is 0 Å². The summed E-state index contributed by atoms with van der Waals surface area (Å²) >= 11 is 0. The van der Waals surface area contributed by atoms with Gasteiger partial charge in [0, 0.05) is 11.7 Å². The van der Waals surface area contributed by atoms with Crippen LogP contribution in [0.5, 0.6) is 0 Å². The highest BCUT2D eigenvalue weighted by Crippen LogP contribution is 2.36. The molecule has 1 heterocycles. The summed E-state index contributed by atoms with van der Waals surface area (Å²) in [5, 5.41) is 2.90. The lowest BCUT2D eigenvalue weighted by molar-refractivity contribution is -0.128. The molecule has 2 atom stereocenters. The van der Waals surface area contributed by atoms with E-state index in [2.05, 4.69) is 19.2 Å². The fraction of sp³-hybridized carbons (Fsp3) is 0.400. The molecule has 0 spiro atoms. The van der Waals surface area contributed by atoms with Crippen LogP contribution in [0.25, 0.3) is 0 Å². The Morgan fingerprint density at radius 2 is 1.68 bits per heavy atom. The van der Waals surface area contributed by atoms with E-state index in [1.165, 1.54) is 10.5 Å². The molecule has 2 aliphatic rings. The quantitative estimate of drug-likeness (QED) is 0.758. The fourth-order valence-electron chi connectivity index (χ4n) is 4.61. The molecule has 2 unspecified atom stereocenters.